The van der Waals surface area contributed by atoms with Crippen molar-refractivity contribution in [3.05, 3.63) is 64.2 Å². The lowest BCUT2D eigenvalue weighted by Crippen LogP contribution is -2.43. The Hall–Kier alpha value is -2.53. The number of hydrogen-bond acceptors (Lipinski definition) is 7. The third-order valence-electron chi connectivity index (χ3n) is 5.10. The van der Waals surface area contributed by atoms with Crippen molar-refractivity contribution in [1.29, 1.82) is 0 Å². The fraction of sp³-hybridized carbons (Fsp3) is 0.400. The lowest BCUT2D eigenvalue weighted by molar-refractivity contribution is -0.387. The lowest BCUT2D eigenvalue weighted by Gasteiger charge is -2.35. The molecule has 0 saturated carbocycles. The largest absolute Gasteiger partial charge is 0.379 e. The van der Waals surface area contributed by atoms with Gasteiger partial charge in [0.05, 0.1) is 18.1 Å². The van der Waals surface area contributed by atoms with Crippen LogP contribution in [0, 0.1) is 10.1 Å². The van der Waals surface area contributed by atoms with Crippen LogP contribution in [0.3, 0.4) is 0 Å². The molecule has 1 fully saturated rings. The Morgan fingerprint density at radius 2 is 1.77 bits per heavy atom. The molecule has 3 rings (SSSR count). The first kappa shape index (κ1) is 22.2. The minimum Gasteiger partial charge on any atom is -0.379 e. The molecule has 162 valence electrons. The quantitative estimate of drug-likeness (QED) is 0.500. The van der Waals surface area contributed by atoms with Crippen molar-refractivity contribution in [2.45, 2.75) is 10.9 Å². The molecule has 1 aliphatic heterocycles. The predicted octanol–water partition coefficient (Wildman–Crippen LogP) is 2.01. The van der Waals surface area contributed by atoms with E-state index in [4.69, 9.17) is 4.74 Å². The lowest BCUT2D eigenvalue weighted by atomic mass is 10.0. The highest BCUT2D eigenvalue weighted by Crippen LogP contribution is 2.26. The van der Waals surface area contributed by atoms with Gasteiger partial charge in [-0.2, -0.15) is 0 Å². The Bertz CT molecular complexity index is 973. The van der Waals surface area contributed by atoms with Gasteiger partial charge in [-0.15, -0.1) is 0 Å². The zero-order valence-corrected chi connectivity index (χ0v) is 17.8. The number of rotatable bonds is 8. The Labute approximate surface area is 176 Å². The van der Waals surface area contributed by atoms with E-state index < -0.39 is 20.6 Å². The summed E-state index contributed by atoms with van der Waals surface area (Å²) in [6, 6.07) is 13.1. The molecule has 1 aliphatic rings. The van der Waals surface area contributed by atoms with Gasteiger partial charge in [0.1, 0.15) is 0 Å². The fourth-order valence-corrected chi connectivity index (χ4v) is 4.65. The van der Waals surface area contributed by atoms with Gasteiger partial charge in [-0.05, 0) is 23.8 Å². The van der Waals surface area contributed by atoms with Crippen LogP contribution >= 0.6 is 0 Å². The third-order valence-corrected chi connectivity index (χ3v) is 6.57. The number of nitro benzene ring substituents is 1. The molecule has 1 N–H and O–H groups in total. The summed E-state index contributed by atoms with van der Waals surface area (Å²) >= 11 is 0. The number of nitro groups is 1. The summed E-state index contributed by atoms with van der Waals surface area (Å²) in [6.45, 7) is 2.59. The standard InChI is InChI=1S/C20H26N4O5S/c1-22(2)17-9-7-16(8-10-17)19(23-11-13-29-14-12-23)15-21-30(27,28)20-6-4-3-5-18(20)24(25)26/h3-10,19,21H,11-15H2,1-2H3/t19-/m1/s1. The summed E-state index contributed by atoms with van der Waals surface area (Å²) in [5, 5.41) is 11.2. The molecule has 9 nitrogen and oxygen atoms in total. The molecule has 0 bridgehead atoms. The van der Waals surface area contributed by atoms with Gasteiger partial charge in [-0.25, -0.2) is 13.1 Å². The molecule has 2 aromatic rings. The van der Waals surface area contributed by atoms with E-state index in [1.165, 1.54) is 24.3 Å². The second-order valence-electron chi connectivity index (χ2n) is 7.23. The van der Waals surface area contributed by atoms with Crippen molar-refractivity contribution in [2.75, 3.05) is 51.8 Å². The average Bonchev–Trinajstić information content (AvgIpc) is 2.75. The number of hydrogen-bond donors (Lipinski definition) is 1. The van der Waals surface area contributed by atoms with Gasteiger partial charge in [0, 0.05) is 51.5 Å². The monoisotopic (exact) mass is 434 g/mol. The summed E-state index contributed by atoms with van der Waals surface area (Å²) in [5.74, 6) is 0. The molecule has 30 heavy (non-hydrogen) atoms. The minimum atomic E-state index is -4.06. The molecular weight excluding hydrogens is 408 g/mol. The third kappa shape index (κ3) is 5.14. The van der Waals surface area contributed by atoms with Crippen LogP contribution in [-0.2, 0) is 14.8 Å². The zero-order valence-electron chi connectivity index (χ0n) is 17.0. The van der Waals surface area contributed by atoms with Crippen LogP contribution in [0.4, 0.5) is 11.4 Å². The molecule has 0 aromatic heterocycles. The van der Waals surface area contributed by atoms with Crippen LogP contribution in [0.1, 0.15) is 11.6 Å². The normalized spacial score (nSPS) is 16.2. The number of benzene rings is 2. The topological polar surface area (TPSA) is 105 Å². The molecule has 0 unspecified atom stereocenters. The number of nitrogens with zero attached hydrogens (tertiary/aromatic N) is 3. The first-order valence-electron chi connectivity index (χ1n) is 9.62. The second kappa shape index (κ2) is 9.52. The van der Waals surface area contributed by atoms with Gasteiger partial charge in [0.15, 0.2) is 4.90 Å². The van der Waals surface area contributed by atoms with Gasteiger partial charge in [0.25, 0.3) is 5.69 Å². The van der Waals surface area contributed by atoms with Gasteiger partial charge in [0.2, 0.25) is 10.0 Å². The number of nitrogens with one attached hydrogen (secondary N) is 1. The van der Waals surface area contributed by atoms with E-state index in [-0.39, 0.29) is 17.5 Å². The van der Waals surface area contributed by atoms with E-state index in [9.17, 15) is 18.5 Å². The van der Waals surface area contributed by atoms with E-state index >= 15 is 0 Å². The Morgan fingerprint density at radius 1 is 1.13 bits per heavy atom. The predicted molar refractivity (Wildman–Crippen MR) is 114 cm³/mol. The molecule has 2 aromatic carbocycles. The number of ether oxygens (including phenoxy) is 1. The zero-order chi connectivity index (χ0) is 21.7. The molecule has 0 radical (unpaired) electrons. The van der Waals surface area contributed by atoms with E-state index in [1.54, 1.807) is 0 Å². The van der Waals surface area contributed by atoms with Crippen LogP contribution in [0.2, 0.25) is 0 Å². The van der Waals surface area contributed by atoms with Crippen molar-refractivity contribution in [1.82, 2.24) is 9.62 Å². The van der Waals surface area contributed by atoms with Crippen molar-refractivity contribution in [2.24, 2.45) is 0 Å². The van der Waals surface area contributed by atoms with E-state index in [0.717, 1.165) is 11.3 Å². The second-order valence-corrected chi connectivity index (χ2v) is 8.96. The Kier molecular flexibility index (Phi) is 7.03. The van der Waals surface area contributed by atoms with Crippen LogP contribution in [0.15, 0.2) is 53.4 Å². The van der Waals surface area contributed by atoms with Crippen molar-refractivity contribution < 1.29 is 18.1 Å². The van der Waals surface area contributed by atoms with Crippen LogP contribution < -0.4 is 9.62 Å². The molecular formula is C20H26N4O5S. The molecule has 0 spiro atoms. The van der Waals surface area contributed by atoms with Gasteiger partial charge in [-0.1, -0.05) is 24.3 Å². The van der Waals surface area contributed by atoms with Crippen molar-refractivity contribution in [3.63, 3.8) is 0 Å². The van der Waals surface area contributed by atoms with Crippen LogP contribution in [-0.4, -0.2) is 65.2 Å². The number of morpholine rings is 1. The van der Waals surface area contributed by atoms with Gasteiger partial charge in [-0.3, -0.25) is 15.0 Å². The minimum absolute atomic E-state index is 0.0929. The van der Waals surface area contributed by atoms with E-state index in [0.29, 0.717) is 26.3 Å². The number of para-hydroxylation sites is 1. The highest BCUT2D eigenvalue weighted by Gasteiger charge is 2.28. The summed E-state index contributed by atoms with van der Waals surface area (Å²) in [6.07, 6.45) is 0. The molecule has 10 heteroatoms. The molecule has 1 atom stereocenters. The summed E-state index contributed by atoms with van der Waals surface area (Å²) in [4.78, 5) is 14.4. The van der Waals surface area contributed by atoms with Gasteiger partial charge < -0.3 is 9.64 Å². The number of sulfonamides is 1. The highest BCUT2D eigenvalue weighted by atomic mass is 32.2. The maximum absolute atomic E-state index is 12.9. The maximum Gasteiger partial charge on any atom is 0.289 e. The first-order valence-corrected chi connectivity index (χ1v) is 11.1. The van der Waals surface area contributed by atoms with E-state index in [2.05, 4.69) is 9.62 Å². The van der Waals surface area contributed by atoms with Crippen LogP contribution in [0.5, 0.6) is 0 Å². The van der Waals surface area contributed by atoms with Crippen molar-refractivity contribution >= 4 is 21.4 Å². The molecule has 0 aliphatic carbocycles. The van der Waals surface area contributed by atoms with Crippen LogP contribution in [0.25, 0.3) is 0 Å². The molecule has 0 amide bonds. The molecule has 1 heterocycles. The summed E-state index contributed by atoms with van der Waals surface area (Å²) in [7, 11) is -0.150. The summed E-state index contributed by atoms with van der Waals surface area (Å²) in [5.41, 5.74) is 1.57. The maximum atomic E-state index is 12.9. The first-order chi connectivity index (χ1) is 14.3. The highest BCUT2D eigenvalue weighted by molar-refractivity contribution is 7.89. The Balaban J connectivity index is 1.85. The summed E-state index contributed by atoms with van der Waals surface area (Å²) < 4.78 is 33.7. The SMILES string of the molecule is CN(C)c1ccc([C@@H](CNS(=O)(=O)c2ccccc2[N+](=O)[O-])N2CCOCC2)cc1. The van der Waals surface area contributed by atoms with Gasteiger partial charge >= 0.3 is 0 Å². The molecule has 1 saturated heterocycles. The number of anilines is 1. The Morgan fingerprint density at radius 3 is 2.37 bits per heavy atom. The fourth-order valence-electron chi connectivity index (χ4n) is 3.44. The van der Waals surface area contributed by atoms with Crippen molar-refractivity contribution in [3.8, 4) is 0 Å². The van der Waals surface area contributed by atoms with E-state index in [1.807, 2.05) is 43.3 Å². The average molecular weight is 435 g/mol. The smallest absolute Gasteiger partial charge is 0.289 e.